The van der Waals surface area contributed by atoms with Gasteiger partial charge in [-0.05, 0) is 66.9 Å². The third kappa shape index (κ3) is 4.99. The summed E-state index contributed by atoms with van der Waals surface area (Å²) in [4.78, 5) is 38.2. The standard InChI is InChI=1S/C27H30N2O5/c30-24-9-7-21-15-29(23-8-10-25(31)28-27(23)32)16-22(21)26(24)34-17-20-5-3-18(4-6-20)1-2-19-11-13-33-14-12-19/h3-7,9,15,19,23H,1-2,8,10-14,16-17H2,(H,28,31,32). The van der Waals surface area contributed by atoms with Crippen molar-refractivity contribution in [2.45, 2.75) is 51.2 Å². The molecule has 178 valence electrons. The molecule has 1 atom stereocenters. The van der Waals surface area contributed by atoms with Gasteiger partial charge in [0.1, 0.15) is 12.6 Å². The molecule has 5 rings (SSSR count). The maximum atomic E-state index is 12.6. The average molecular weight is 463 g/mol. The summed E-state index contributed by atoms with van der Waals surface area (Å²) < 4.78 is 11.5. The molecule has 0 radical (unpaired) electrons. The quantitative estimate of drug-likeness (QED) is 0.627. The molecule has 2 fully saturated rings. The van der Waals surface area contributed by atoms with Gasteiger partial charge >= 0.3 is 0 Å². The molecule has 7 heteroatoms. The zero-order valence-corrected chi connectivity index (χ0v) is 19.3. The van der Waals surface area contributed by atoms with Crippen LogP contribution in [0.4, 0.5) is 0 Å². The fourth-order valence-electron chi connectivity index (χ4n) is 5.03. The van der Waals surface area contributed by atoms with E-state index in [2.05, 4.69) is 29.6 Å². The van der Waals surface area contributed by atoms with E-state index in [9.17, 15) is 14.4 Å². The van der Waals surface area contributed by atoms with Crippen LogP contribution in [0.25, 0.3) is 0 Å². The highest BCUT2D eigenvalue weighted by atomic mass is 16.5. The molecule has 3 aliphatic heterocycles. The number of hydrogen-bond donors (Lipinski definition) is 1. The number of allylic oxidation sites excluding steroid dienone is 2. The topological polar surface area (TPSA) is 84.9 Å². The number of fused-ring (bicyclic) bond motifs is 1. The first-order valence-electron chi connectivity index (χ1n) is 12.1. The molecule has 0 bridgehead atoms. The Labute approximate surface area is 199 Å². The smallest absolute Gasteiger partial charge is 0.249 e. The lowest BCUT2D eigenvalue weighted by molar-refractivity contribution is -0.136. The first-order valence-corrected chi connectivity index (χ1v) is 12.1. The zero-order valence-electron chi connectivity index (χ0n) is 19.3. The first kappa shape index (κ1) is 22.6. The van der Waals surface area contributed by atoms with E-state index in [4.69, 9.17) is 9.47 Å². The molecule has 1 aromatic carbocycles. The Morgan fingerprint density at radius 3 is 2.53 bits per heavy atom. The third-order valence-corrected chi connectivity index (χ3v) is 7.10. The summed E-state index contributed by atoms with van der Waals surface area (Å²) in [6.45, 7) is 2.49. The number of carbonyl (C=O) groups is 3. The van der Waals surface area contributed by atoms with Crippen LogP contribution in [-0.4, -0.2) is 48.3 Å². The number of piperidine rings is 1. The second kappa shape index (κ2) is 9.97. The number of benzene rings is 1. The van der Waals surface area contributed by atoms with Crippen molar-refractivity contribution in [1.29, 1.82) is 0 Å². The van der Waals surface area contributed by atoms with E-state index >= 15 is 0 Å². The van der Waals surface area contributed by atoms with Crippen LogP contribution in [-0.2, 0) is 36.9 Å². The van der Waals surface area contributed by atoms with Crippen LogP contribution in [0.15, 0.2) is 59.5 Å². The van der Waals surface area contributed by atoms with Crippen LogP contribution < -0.4 is 5.32 Å². The van der Waals surface area contributed by atoms with Crippen molar-refractivity contribution in [3.8, 4) is 0 Å². The molecule has 1 N–H and O–H groups in total. The highest BCUT2D eigenvalue weighted by Crippen LogP contribution is 2.32. The minimum Gasteiger partial charge on any atom is -0.484 e. The normalized spacial score (nSPS) is 23.2. The number of carbonyl (C=O) groups excluding carboxylic acids is 3. The van der Waals surface area contributed by atoms with E-state index < -0.39 is 6.04 Å². The lowest BCUT2D eigenvalue weighted by atomic mass is 9.93. The lowest BCUT2D eigenvalue weighted by Gasteiger charge is -2.29. The number of rotatable bonds is 7. The predicted octanol–water partition coefficient (Wildman–Crippen LogP) is 2.96. The van der Waals surface area contributed by atoms with Gasteiger partial charge in [0.2, 0.25) is 17.6 Å². The third-order valence-electron chi connectivity index (χ3n) is 7.10. The molecule has 7 nitrogen and oxygen atoms in total. The number of imide groups is 1. The number of nitrogens with zero attached hydrogens (tertiary/aromatic N) is 1. The largest absolute Gasteiger partial charge is 0.484 e. The molecule has 3 heterocycles. The van der Waals surface area contributed by atoms with Crippen molar-refractivity contribution < 1.29 is 23.9 Å². The van der Waals surface area contributed by atoms with Gasteiger partial charge in [-0.15, -0.1) is 0 Å². The Hall–Kier alpha value is -3.19. The van der Waals surface area contributed by atoms with Gasteiger partial charge in [0.15, 0.2) is 5.76 Å². The van der Waals surface area contributed by atoms with Crippen LogP contribution in [0.3, 0.4) is 0 Å². The summed E-state index contributed by atoms with van der Waals surface area (Å²) in [6.07, 6.45) is 10.5. The van der Waals surface area contributed by atoms with Gasteiger partial charge < -0.3 is 14.4 Å². The fraction of sp³-hybridized carbons (Fsp3) is 0.444. The lowest BCUT2D eigenvalue weighted by Crippen LogP contribution is -2.50. The highest BCUT2D eigenvalue weighted by molar-refractivity contribution is 6.06. The summed E-state index contributed by atoms with van der Waals surface area (Å²) in [5.41, 5.74) is 4.00. The van der Waals surface area contributed by atoms with Gasteiger partial charge in [-0.2, -0.15) is 0 Å². The highest BCUT2D eigenvalue weighted by Gasteiger charge is 2.36. The van der Waals surface area contributed by atoms with E-state index in [1.54, 1.807) is 6.08 Å². The summed E-state index contributed by atoms with van der Waals surface area (Å²) in [7, 11) is 0. The Morgan fingerprint density at radius 2 is 1.76 bits per heavy atom. The van der Waals surface area contributed by atoms with Crippen molar-refractivity contribution >= 4 is 17.6 Å². The maximum Gasteiger partial charge on any atom is 0.249 e. The molecular weight excluding hydrogens is 432 g/mol. The summed E-state index contributed by atoms with van der Waals surface area (Å²) in [5, 5.41) is 2.40. The maximum absolute atomic E-state index is 12.6. The van der Waals surface area contributed by atoms with Gasteiger partial charge in [-0.25, -0.2) is 0 Å². The number of amides is 2. The second-order valence-electron chi connectivity index (χ2n) is 9.43. The van der Waals surface area contributed by atoms with Gasteiger partial charge in [0.25, 0.3) is 0 Å². The zero-order chi connectivity index (χ0) is 23.5. The fourth-order valence-corrected chi connectivity index (χ4v) is 5.03. The minimum atomic E-state index is -0.415. The van der Waals surface area contributed by atoms with E-state index in [0.717, 1.165) is 55.1 Å². The van der Waals surface area contributed by atoms with E-state index in [-0.39, 0.29) is 17.6 Å². The molecule has 2 saturated heterocycles. The van der Waals surface area contributed by atoms with Crippen molar-refractivity contribution in [2.24, 2.45) is 5.92 Å². The number of aryl methyl sites for hydroxylation is 1. The molecule has 1 unspecified atom stereocenters. The van der Waals surface area contributed by atoms with Gasteiger partial charge in [-0.1, -0.05) is 24.3 Å². The Balaban J connectivity index is 1.20. The first-order chi connectivity index (χ1) is 16.6. The Kier molecular flexibility index (Phi) is 6.63. The Morgan fingerprint density at radius 1 is 1.00 bits per heavy atom. The van der Waals surface area contributed by atoms with E-state index in [1.165, 1.54) is 18.1 Å². The summed E-state index contributed by atoms with van der Waals surface area (Å²) in [5.74, 6) is 0.405. The molecule has 1 aromatic rings. The minimum absolute atomic E-state index is 0.162. The number of hydrogen-bond acceptors (Lipinski definition) is 6. The van der Waals surface area contributed by atoms with Crippen LogP contribution in [0.2, 0.25) is 0 Å². The number of ketones is 1. The predicted molar refractivity (Wildman–Crippen MR) is 125 cm³/mol. The van der Waals surface area contributed by atoms with Crippen LogP contribution in [0, 0.1) is 5.92 Å². The molecular formula is C27H30N2O5. The second-order valence-corrected chi connectivity index (χ2v) is 9.43. The van der Waals surface area contributed by atoms with E-state index in [0.29, 0.717) is 31.8 Å². The van der Waals surface area contributed by atoms with Gasteiger partial charge in [0.05, 0.1) is 0 Å². The van der Waals surface area contributed by atoms with E-state index in [1.807, 2.05) is 11.1 Å². The molecule has 4 aliphatic rings. The van der Waals surface area contributed by atoms with Crippen molar-refractivity contribution in [1.82, 2.24) is 10.2 Å². The van der Waals surface area contributed by atoms with Gasteiger partial charge in [-0.3, -0.25) is 19.7 Å². The van der Waals surface area contributed by atoms with Crippen molar-refractivity contribution in [2.75, 3.05) is 19.8 Å². The molecule has 0 aromatic heterocycles. The average Bonchev–Trinajstić information content (AvgIpc) is 3.27. The van der Waals surface area contributed by atoms with Crippen LogP contribution in [0.5, 0.6) is 0 Å². The summed E-state index contributed by atoms with van der Waals surface area (Å²) >= 11 is 0. The van der Waals surface area contributed by atoms with Crippen molar-refractivity contribution in [3.63, 3.8) is 0 Å². The van der Waals surface area contributed by atoms with Crippen LogP contribution in [0.1, 0.15) is 43.2 Å². The number of ether oxygens (including phenoxy) is 2. The van der Waals surface area contributed by atoms with Crippen molar-refractivity contribution in [3.05, 3.63) is 70.6 Å². The molecule has 1 aliphatic carbocycles. The summed E-state index contributed by atoms with van der Waals surface area (Å²) in [6, 6.07) is 8.00. The number of nitrogens with one attached hydrogen (secondary N) is 1. The Bertz CT molecular complexity index is 1060. The molecule has 0 saturated carbocycles. The molecule has 34 heavy (non-hydrogen) atoms. The monoisotopic (exact) mass is 462 g/mol. The molecule has 0 spiro atoms. The SMILES string of the molecule is O=C1CCC(N2C=C3C=CC(=O)C(OCc4ccc(CCC5CCOCC5)cc4)=C3C2)C(=O)N1. The van der Waals surface area contributed by atoms with Gasteiger partial charge in [0, 0.05) is 38.0 Å². The van der Waals surface area contributed by atoms with Crippen LogP contribution >= 0.6 is 0 Å². The molecule has 2 amide bonds.